The van der Waals surface area contributed by atoms with Crippen LogP contribution in [0.3, 0.4) is 0 Å². The summed E-state index contributed by atoms with van der Waals surface area (Å²) in [6.45, 7) is 16.8. The van der Waals surface area contributed by atoms with Gasteiger partial charge in [-0.05, 0) is 120 Å². The molecule has 52 heavy (non-hydrogen) atoms. The number of nitrogens with zero attached hydrogens (tertiary/aromatic N) is 1. The highest BCUT2D eigenvalue weighted by atomic mass is 16.5. The topological polar surface area (TPSA) is 91.9 Å². The fourth-order valence-electron chi connectivity index (χ4n) is 6.64. The second-order valence-corrected chi connectivity index (χ2v) is 15.9. The van der Waals surface area contributed by atoms with Gasteiger partial charge in [0.2, 0.25) is 0 Å². The van der Waals surface area contributed by atoms with E-state index in [0.717, 1.165) is 67.9 Å². The van der Waals surface area contributed by atoms with Gasteiger partial charge in [-0.15, -0.1) is 0 Å². The maximum atomic E-state index is 13.0. The molecule has 0 saturated heterocycles. The molecule has 0 aromatic heterocycles. The molecule has 2 aliphatic rings. The van der Waals surface area contributed by atoms with Crippen LogP contribution in [0.4, 0.5) is 11.4 Å². The minimum atomic E-state index is -0.147. The second-order valence-electron chi connectivity index (χ2n) is 15.9. The molecule has 0 radical (unpaired) electrons. The average molecular weight is 705 g/mol. The normalized spacial score (nSPS) is 14.5. The van der Waals surface area contributed by atoms with E-state index in [4.69, 9.17) is 9.47 Å². The Balaban J connectivity index is 0.000000202. The maximum absolute atomic E-state index is 13.0. The molecule has 276 valence electrons. The summed E-state index contributed by atoms with van der Waals surface area (Å²) in [6, 6.07) is 23.9. The molecule has 8 nitrogen and oxygen atoms in total. The fraction of sp³-hybridized carbons (Fsp3) is 0.409. The summed E-state index contributed by atoms with van der Waals surface area (Å²) >= 11 is 0. The highest BCUT2D eigenvalue weighted by Crippen LogP contribution is 2.31. The van der Waals surface area contributed by atoms with Gasteiger partial charge in [0.1, 0.15) is 11.5 Å². The molecule has 3 N–H and O–H groups in total. The van der Waals surface area contributed by atoms with E-state index in [-0.39, 0.29) is 22.6 Å². The summed E-state index contributed by atoms with van der Waals surface area (Å²) < 4.78 is 11.0. The highest BCUT2D eigenvalue weighted by Gasteiger charge is 2.22. The van der Waals surface area contributed by atoms with Crippen LogP contribution in [0.5, 0.6) is 11.5 Å². The molecule has 0 aliphatic carbocycles. The number of rotatable bonds is 6. The molecular weight excluding hydrogens is 649 g/mol. The van der Waals surface area contributed by atoms with Crippen LogP contribution in [0.15, 0.2) is 72.8 Å². The number of likely N-dealkylation sites (N-methyl/N-ethyl adjacent to an activating group) is 1. The van der Waals surface area contributed by atoms with Crippen molar-refractivity contribution in [2.75, 3.05) is 51.5 Å². The molecule has 4 aromatic rings. The first-order valence-electron chi connectivity index (χ1n) is 18.3. The molecule has 8 heteroatoms. The van der Waals surface area contributed by atoms with Gasteiger partial charge in [0, 0.05) is 31.0 Å². The summed E-state index contributed by atoms with van der Waals surface area (Å²) in [5.74, 6) is 0.943. The van der Waals surface area contributed by atoms with E-state index in [1.54, 1.807) is 14.2 Å². The van der Waals surface area contributed by atoms with E-state index in [2.05, 4.69) is 87.6 Å². The summed E-state index contributed by atoms with van der Waals surface area (Å²) in [7, 11) is 5.36. The molecule has 0 atom stereocenters. The van der Waals surface area contributed by atoms with Gasteiger partial charge in [0.15, 0.2) is 0 Å². The zero-order valence-electron chi connectivity index (χ0n) is 32.5. The van der Waals surface area contributed by atoms with Crippen molar-refractivity contribution in [1.82, 2.24) is 10.2 Å². The number of carbonyl (C=O) groups is 2. The number of methoxy groups -OCH3 is 2. The second kappa shape index (κ2) is 16.3. The van der Waals surface area contributed by atoms with E-state index in [1.807, 2.05) is 54.6 Å². The number of nitrogens with one attached hydrogen (secondary N) is 3. The van der Waals surface area contributed by atoms with Crippen molar-refractivity contribution in [3.8, 4) is 11.5 Å². The van der Waals surface area contributed by atoms with E-state index >= 15 is 0 Å². The Kier molecular flexibility index (Phi) is 12.1. The Morgan fingerprint density at radius 3 is 1.87 bits per heavy atom. The van der Waals surface area contributed by atoms with Crippen LogP contribution in [0.2, 0.25) is 0 Å². The van der Waals surface area contributed by atoms with E-state index in [0.29, 0.717) is 22.6 Å². The van der Waals surface area contributed by atoms with Crippen LogP contribution in [0, 0.1) is 0 Å². The third-order valence-corrected chi connectivity index (χ3v) is 10.0. The lowest BCUT2D eigenvalue weighted by Gasteiger charge is -2.21. The van der Waals surface area contributed by atoms with Gasteiger partial charge in [0.25, 0.3) is 11.8 Å². The van der Waals surface area contributed by atoms with Gasteiger partial charge in [-0.1, -0.05) is 71.9 Å². The molecule has 0 spiro atoms. The van der Waals surface area contributed by atoms with Crippen molar-refractivity contribution in [2.24, 2.45) is 0 Å². The Hall–Kier alpha value is -4.66. The first-order valence-corrected chi connectivity index (χ1v) is 18.3. The summed E-state index contributed by atoms with van der Waals surface area (Å²) in [5, 5.41) is 9.48. The molecule has 2 aliphatic heterocycles. The molecular formula is C44H56N4O4. The van der Waals surface area contributed by atoms with Gasteiger partial charge >= 0.3 is 0 Å². The highest BCUT2D eigenvalue weighted by molar-refractivity contribution is 6.07. The van der Waals surface area contributed by atoms with Crippen molar-refractivity contribution in [3.05, 3.63) is 117 Å². The predicted molar refractivity (Wildman–Crippen MR) is 212 cm³/mol. The molecule has 2 amide bonds. The predicted octanol–water partition coefficient (Wildman–Crippen LogP) is 8.17. The number of carbonyl (C=O) groups excluding carboxylic acids is 2. The molecule has 0 unspecified atom stereocenters. The van der Waals surface area contributed by atoms with Crippen molar-refractivity contribution >= 4 is 23.2 Å². The smallest absolute Gasteiger partial charge is 0.259 e. The summed E-state index contributed by atoms with van der Waals surface area (Å²) in [5.41, 5.74) is 10.3. The zero-order valence-corrected chi connectivity index (χ0v) is 32.5. The average Bonchev–Trinajstić information content (AvgIpc) is 3.32. The third kappa shape index (κ3) is 9.41. The molecule has 0 fully saturated rings. The quantitative estimate of drug-likeness (QED) is 0.188. The van der Waals surface area contributed by atoms with Crippen LogP contribution in [-0.2, 0) is 36.6 Å². The number of hydrogen-bond acceptors (Lipinski definition) is 6. The summed E-state index contributed by atoms with van der Waals surface area (Å²) in [4.78, 5) is 28.0. The maximum Gasteiger partial charge on any atom is 0.259 e. The number of hydrogen-bond donors (Lipinski definition) is 3. The number of benzene rings is 4. The van der Waals surface area contributed by atoms with Gasteiger partial charge < -0.3 is 30.3 Å². The lowest BCUT2D eigenvalue weighted by atomic mass is 9.86. The molecule has 6 rings (SSSR count). The number of fused-ring (bicyclic) bond motifs is 2. The minimum absolute atomic E-state index is 0.00503. The van der Waals surface area contributed by atoms with E-state index < -0.39 is 0 Å². The first kappa shape index (κ1) is 38.6. The van der Waals surface area contributed by atoms with E-state index in [9.17, 15) is 9.59 Å². The Bertz CT molecular complexity index is 1900. The molecule has 0 saturated carbocycles. The zero-order chi connectivity index (χ0) is 37.6. The largest absolute Gasteiger partial charge is 0.496 e. The standard InChI is InChI=1S/C23H30N2O2.C21H26N2O2/c1-23(2,3)17-9-10-19(21(15-17)27-5)22(26)24-20-8-6-7-16-11-13-25(4)14-12-18(16)20;1-21(2,3)16-6-8-18(19(12-16)25-4)20(24)23-17-7-5-15-13-22-10-9-14(15)11-17/h6-10,15H,11-14H2,1-5H3,(H,24,26);5-8,11-12,22H,9-10,13H2,1-4H3,(H,23,24). The third-order valence-electron chi connectivity index (χ3n) is 10.0. The first-order chi connectivity index (χ1) is 24.7. The van der Waals surface area contributed by atoms with Crippen molar-refractivity contribution < 1.29 is 19.1 Å². The van der Waals surface area contributed by atoms with Gasteiger partial charge in [-0.3, -0.25) is 9.59 Å². The minimum Gasteiger partial charge on any atom is -0.496 e. The van der Waals surface area contributed by atoms with Crippen LogP contribution in [-0.4, -0.2) is 57.6 Å². The molecule has 2 heterocycles. The fourth-order valence-corrected chi connectivity index (χ4v) is 6.64. The lowest BCUT2D eigenvalue weighted by Crippen LogP contribution is -2.23. The number of amides is 2. The molecule has 4 aromatic carbocycles. The van der Waals surface area contributed by atoms with Crippen molar-refractivity contribution in [3.63, 3.8) is 0 Å². The van der Waals surface area contributed by atoms with Gasteiger partial charge in [0.05, 0.1) is 25.3 Å². The van der Waals surface area contributed by atoms with Gasteiger partial charge in [-0.2, -0.15) is 0 Å². The Morgan fingerprint density at radius 1 is 0.673 bits per heavy atom. The van der Waals surface area contributed by atoms with Crippen molar-refractivity contribution in [1.29, 1.82) is 0 Å². The van der Waals surface area contributed by atoms with Gasteiger partial charge in [-0.25, -0.2) is 0 Å². The van der Waals surface area contributed by atoms with Crippen LogP contribution in [0.25, 0.3) is 0 Å². The lowest BCUT2D eigenvalue weighted by molar-refractivity contribution is 0.101. The molecule has 0 bridgehead atoms. The van der Waals surface area contributed by atoms with Crippen LogP contribution in [0.1, 0.15) is 95.6 Å². The van der Waals surface area contributed by atoms with Crippen LogP contribution < -0.4 is 25.4 Å². The number of ether oxygens (including phenoxy) is 2. The summed E-state index contributed by atoms with van der Waals surface area (Å²) in [6.07, 6.45) is 2.95. The monoisotopic (exact) mass is 704 g/mol. The Labute approximate surface area is 310 Å². The SMILES string of the molecule is COc1cc(C(C)(C)C)ccc1C(=O)Nc1ccc2c(c1)CCNC2.COc1cc(C(C)(C)C)ccc1C(=O)Nc1cccc2c1CCN(C)CC2. The van der Waals surface area contributed by atoms with Crippen LogP contribution >= 0.6 is 0 Å². The van der Waals surface area contributed by atoms with E-state index in [1.165, 1.54) is 22.3 Å². The van der Waals surface area contributed by atoms with Crippen molar-refractivity contribution in [2.45, 2.75) is 78.2 Å². The Morgan fingerprint density at radius 2 is 1.27 bits per heavy atom. The number of anilines is 2.